The average molecular weight is 264 g/mol. The first-order chi connectivity index (χ1) is 9.17. The van der Waals surface area contributed by atoms with Gasteiger partial charge in [0.1, 0.15) is 0 Å². The van der Waals surface area contributed by atoms with E-state index in [-0.39, 0.29) is 5.75 Å². The number of phenolic OH excluding ortho intramolecular Hbond substituents is 1. The van der Waals surface area contributed by atoms with Crippen molar-refractivity contribution in [2.45, 2.75) is 31.8 Å². The summed E-state index contributed by atoms with van der Waals surface area (Å²) in [5.41, 5.74) is 1.19. The zero-order valence-electron chi connectivity index (χ0n) is 12.0. The second kappa shape index (κ2) is 6.26. The van der Waals surface area contributed by atoms with E-state index in [0.29, 0.717) is 17.8 Å². The molecule has 2 atom stereocenters. The highest BCUT2D eigenvalue weighted by molar-refractivity contribution is 5.42. The molecule has 1 heterocycles. The highest BCUT2D eigenvalue weighted by atomic mass is 16.5. The molecule has 4 heteroatoms. The molecule has 0 saturated carbocycles. The third-order valence-corrected chi connectivity index (χ3v) is 4.05. The summed E-state index contributed by atoms with van der Waals surface area (Å²) in [7, 11) is 3.59. The van der Waals surface area contributed by atoms with Crippen LogP contribution >= 0.6 is 0 Å². The maximum Gasteiger partial charge on any atom is 0.160 e. The van der Waals surface area contributed by atoms with Crippen LogP contribution in [-0.2, 0) is 0 Å². The maximum absolute atomic E-state index is 9.67. The van der Waals surface area contributed by atoms with Crippen molar-refractivity contribution in [3.05, 3.63) is 23.8 Å². The van der Waals surface area contributed by atoms with E-state index < -0.39 is 0 Å². The fourth-order valence-corrected chi connectivity index (χ4v) is 2.97. The van der Waals surface area contributed by atoms with Gasteiger partial charge < -0.3 is 15.2 Å². The van der Waals surface area contributed by atoms with Gasteiger partial charge in [-0.15, -0.1) is 0 Å². The van der Waals surface area contributed by atoms with Gasteiger partial charge in [-0.3, -0.25) is 4.90 Å². The zero-order valence-corrected chi connectivity index (χ0v) is 12.0. The largest absolute Gasteiger partial charge is 0.504 e. The lowest BCUT2D eigenvalue weighted by atomic mass is 10.0. The zero-order chi connectivity index (χ0) is 13.8. The number of nitrogens with zero attached hydrogens (tertiary/aromatic N) is 1. The monoisotopic (exact) mass is 264 g/mol. The standard InChI is InChI=1S/C15H24N2O2/c1-11(17-8-4-5-13(17)10-16-2)12-6-7-14(18)15(9-12)19-3/h6-7,9,11,13,16,18H,4-5,8,10H2,1-3H3. The van der Waals surface area contributed by atoms with Crippen LogP contribution in [-0.4, -0.2) is 43.3 Å². The normalized spacial score (nSPS) is 21.5. The smallest absolute Gasteiger partial charge is 0.160 e. The highest BCUT2D eigenvalue weighted by Crippen LogP contribution is 2.33. The van der Waals surface area contributed by atoms with E-state index in [9.17, 15) is 5.11 Å². The van der Waals surface area contributed by atoms with Crippen LogP contribution in [0.15, 0.2) is 18.2 Å². The molecular formula is C15H24N2O2. The summed E-state index contributed by atoms with van der Waals surface area (Å²) in [5.74, 6) is 0.750. The molecule has 1 aliphatic heterocycles. The Morgan fingerprint density at radius 2 is 2.32 bits per heavy atom. The van der Waals surface area contributed by atoms with Crippen molar-refractivity contribution in [3.63, 3.8) is 0 Å². The molecule has 0 spiro atoms. The number of phenols is 1. The van der Waals surface area contributed by atoms with Crippen LogP contribution in [0.4, 0.5) is 0 Å². The Labute approximate surface area is 115 Å². The summed E-state index contributed by atoms with van der Waals surface area (Å²) in [4.78, 5) is 2.53. The molecule has 0 aliphatic carbocycles. The van der Waals surface area contributed by atoms with Gasteiger partial charge in [0.25, 0.3) is 0 Å². The Bertz CT molecular complexity index is 423. The first kappa shape index (κ1) is 14.2. The molecule has 0 aromatic heterocycles. The van der Waals surface area contributed by atoms with Crippen LogP contribution in [0.2, 0.25) is 0 Å². The summed E-state index contributed by atoms with van der Waals surface area (Å²) < 4.78 is 5.19. The van der Waals surface area contributed by atoms with Crippen molar-refractivity contribution in [2.75, 3.05) is 27.2 Å². The minimum atomic E-state index is 0.201. The van der Waals surface area contributed by atoms with Gasteiger partial charge in [-0.2, -0.15) is 0 Å². The van der Waals surface area contributed by atoms with Gasteiger partial charge in [0.05, 0.1) is 7.11 Å². The van der Waals surface area contributed by atoms with E-state index in [0.717, 1.165) is 13.1 Å². The van der Waals surface area contributed by atoms with E-state index in [2.05, 4.69) is 17.1 Å². The molecule has 19 heavy (non-hydrogen) atoms. The topological polar surface area (TPSA) is 44.7 Å². The average Bonchev–Trinajstić information content (AvgIpc) is 2.87. The van der Waals surface area contributed by atoms with Crippen LogP contribution in [0.1, 0.15) is 31.4 Å². The molecule has 4 nitrogen and oxygen atoms in total. The molecule has 106 valence electrons. The first-order valence-electron chi connectivity index (χ1n) is 6.94. The van der Waals surface area contributed by atoms with Gasteiger partial charge in [-0.25, -0.2) is 0 Å². The van der Waals surface area contributed by atoms with E-state index in [1.165, 1.54) is 18.4 Å². The van der Waals surface area contributed by atoms with Crippen LogP contribution in [0, 0.1) is 0 Å². The first-order valence-corrected chi connectivity index (χ1v) is 6.94. The lowest BCUT2D eigenvalue weighted by Gasteiger charge is -2.31. The molecule has 1 aromatic carbocycles. The molecule has 2 N–H and O–H groups in total. The minimum Gasteiger partial charge on any atom is -0.504 e. The number of likely N-dealkylation sites (N-methyl/N-ethyl adjacent to an activating group) is 1. The van der Waals surface area contributed by atoms with Gasteiger partial charge in [-0.1, -0.05) is 6.07 Å². The van der Waals surface area contributed by atoms with Crippen LogP contribution in [0.5, 0.6) is 11.5 Å². The van der Waals surface area contributed by atoms with Crippen molar-refractivity contribution in [2.24, 2.45) is 0 Å². The summed E-state index contributed by atoms with van der Waals surface area (Å²) in [6.07, 6.45) is 2.51. The Hall–Kier alpha value is -1.26. The van der Waals surface area contributed by atoms with E-state index in [1.807, 2.05) is 19.2 Å². The number of methoxy groups -OCH3 is 1. The number of rotatable bonds is 5. The van der Waals surface area contributed by atoms with Gasteiger partial charge in [-0.05, 0) is 51.1 Å². The molecule has 0 bridgehead atoms. The van der Waals surface area contributed by atoms with E-state index in [4.69, 9.17) is 4.74 Å². The molecule has 1 saturated heterocycles. The Morgan fingerprint density at radius 3 is 3.00 bits per heavy atom. The summed E-state index contributed by atoms with van der Waals surface area (Å²) in [6, 6.07) is 6.58. The van der Waals surface area contributed by atoms with Crippen molar-refractivity contribution in [1.29, 1.82) is 0 Å². The SMILES string of the molecule is CNCC1CCCN1C(C)c1ccc(O)c(OC)c1. The molecule has 2 rings (SSSR count). The molecular weight excluding hydrogens is 240 g/mol. The van der Waals surface area contributed by atoms with E-state index >= 15 is 0 Å². The molecule has 0 radical (unpaired) electrons. The lowest BCUT2D eigenvalue weighted by Crippen LogP contribution is -2.38. The highest BCUT2D eigenvalue weighted by Gasteiger charge is 2.28. The maximum atomic E-state index is 9.67. The summed E-state index contributed by atoms with van der Waals surface area (Å²) in [5, 5.41) is 12.9. The molecule has 0 amide bonds. The van der Waals surface area contributed by atoms with Crippen LogP contribution in [0.25, 0.3) is 0 Å². The molecule has 1 aliphatic rings. The van der Waals surface area contributed by atoms with Gasteiger partial charge in [0.15, 0.2) is 11.5 Å². The number of aromatic hydroxyl groups is 1. The predicted octanol–water partition coefficient (Wildman–Crippen LogP) is 2.15. The number of ether oxygens (including phenoxy) is 1. The number of likely N-dealkylation sites (tertiary alicyclic amines) is 1. The third kappa shape index (κ3) is 3.01. The van der Waals surface area contributed by atoms with Crippen LogP contribution < -0.4 is 10.1 Å². The van der Waals surface area contributed by atoms with Crippen molar-refractivity contribution in [1.82, 2.24) is 10.2 Å². The number of hydrogen-bond acceptors (Lipinski definition) is 4. The van der Waals surface area contributed by atoms with Crippen molar-refractivity contribution >= 4 is 0 Å². The number of benzene rings is 1. The fourth-order valence-electron chi connectivity index (χ4n) is 2.97. The molecule has 1 aromatic rings. The molecule has 2 unspecified atom stereocenters. The van der Waals surface area contributed by atoms with Gasteiger partial charge in [0.2, 0.25) is 0 Å². The molecule has 1 fully saturated rings. The van der Waals surface area contributed by atoms with Crippen molar-refractivity contribution in [3.8, 4) is 11.5 Å². The number of nitrogens with one attached hydrogen (secondary N) is 1. The van der Waals surface area contributed by atoms with Gasteiger partial charge >= 0.3 is 0 Å². The summed E-state index contributed by atoms with van der Waals surface area (Å²) in [6.45, 7) is 4.38. The van der Waals surface area contributed by atoms with E-state index in [1.54, 1.807) is 13.2 Å². The second-order valence-corrected chi connectivity index (χ2v) is 5.20. The van der Waals surface area contributed by atoms with Crippen molar-refractivity contribution < 1.29 is 9.84 Å². The Balaban J connectivity index is 2.16. The summed E-state index contributed by atoms with van der Waals surface area (Å²) >= 11 is 0. The second-order valence-electron chi connectivity index (χ2n) is 5.20. The lowest BCUT2D eigenvalue weighted by molar-refractivity contribution is 0.190. The Kier molecular flexibility index (Phi) is 4.66. The quantitative estimate of drug-likeness (QED) is 0.855. The van der Waals surface area contributed by atoms with Crippen LogP contribution in [0.3, 0.4) is 0 Å². The number of hydrogen-bond donors (Lipinski definition) is 2. The minimum absolute atomic E-state index is 0.201. The predicted molar refractivity (Wildman–Crippen MR) is 76.7 cm³/mol. The Morgan fingerprint density at radius 1 is 1.53 bits per heavy atom. The fraction of sp³-hybridized carbons (Fsp3) is 0.600. The third-order valence-electron chi connectivity index (χ3n) is 4.05. The van der Waals surface area contributed by atoms with Gasteiger partial charge in [0, 0.05) is 18.6 Å².